The summed E-state index contributed by atoms with van der Waals surface area (Å²) in [4.78, 5) is 49.1. The molecule has 0 atom stereocenters. The minimum absolute atomic E-state index is 0.150. The van der Waals surface area contributed by atoms with E-state index in [9.17, 15) is 19.2 Å². The number of amides is 2. The van der Waals surface area contributed by atoms with Crippen LogP contribution in [0.1, 0.15) is 26.3 Å². The highest BCUT2D eigenvalue weighted by Crippen LogP contribution is 2.39. The largest absolute Gasteiger partial charge is 0.493 e. The van der Waals surface area contributed by atoms with Gasteiger partial charge >= 0.3 is 11.9 Å². The van der Waals surface area contributed by atoms with Gasteiger partial charge in [0.2, 0.25) is 0 Å². The summed E-state index contributed by atoms with van der Waals surface area (Å²) in [5, 5.41) is -0.558. The van der Waals surface area contributed by atoms with E-state index in [4.69, 9.17) is 18.9 Å². The highest BCUT2D eigenvalue weighted by atomic mass is 79.9. The Balaban J connectivity index is 2.20. The van der Waals surface area contributed by atoms with Gasteiger partial charge in [-0.25, -0.2) is 4.79 Å². The van der Waals surface area contributed by atoms with Crippen molar-refractivity contribution >= 4 is 56.9 Å². The fourth-order valence-electron chi connectivity index (χ4n) is 2.51. The number of rotatable bonds is 9. The number of esters is 2. The van der Waals surface area contributed by atoms with Gasteiger partial charge in [0.05, 0.1) is 29.2 Å². The molecule has 2 rings (SSSR count). The molecule has 0 spiro atoms. The van der Waals surface area contributed by atoms with Crippen LogP contribution in [-0.4, -0.2) is 61.0 Å². The second kappa shape index (κ2) is 11.2. The maximum Gasteiger partial charge on any atom is 0.344 e. The summed E-state index contributed by atoms with van der Waals surface area (Å²) in [7, 11) is 1.43. The van der Waals surface area contributed by atoms with E-state index < -0.39 is 29.6 Å². The molecule has 1 heterocycles. The molecule has 0 radical (unpaired) electrons. The second-order valence-corrected chi connectivity index (χ2v) is 8.28. The average Bonchev–Trinajstić information content (AvgIpc) is 2.93. The van der Waals surface area contributed by atoms with Gasteiger partial charge in [0.1, 0.15) is 6.54 Å². The van der Waals surface area contributed by atoms with Crippen molar-refractivity contribution in [2.24, 2.45) is 0 Å². The number of halogens is 1. The van der Waals surface area contributed by atoms with Gasteiger partial charge in [0.15, 0.2) is 18.1 Å². The van der Waals surface area contributed by atoms with Crippen molar-refractivity contribution in [3.8, 4) is 11.5 Å². The number of benzene rings is 1. The van der Waals surface area contributed by atoms with Crippen molar-refractivity contribution in [1.82, 2.24) is 4.90 Å². The van der Waals surface area contributed by atoms with Crippen LogP contribution in [0.25, 0.3) is 6.08 Å². The Bertz CT molecular complexity index is 915. The molecule has 0 unspecified atom stereocenters. The lowest BCUT2D eigenvalue weighted by Crippen LogP contribution is -2.35. The number of thioether (sulfide) groups is 1. The molecule has 31 heavy (non-hydrogen) atoms. The third kappa shape index (κ3) is 6.73. The van der Waals surface area contributed by atoms with Gasteiger partial charge in [-0.2, -0.15) is 0 Å². The number of imide groups is 1. The van der Waals surface area contributed by atoms with E-state index in [1.165, 1.54) is 13.2 Å². The highest BCUT2D eigenvalue weighted by molar-refractivity contribution is 9.10. The van der Waals surface area contributed by atoms with E-state index in [1.807, 2.05) is 0 Å². The molecule has 0 aliphatic carbocycles. The predicted octanol–water partition coefficient (Wildman–Crippen LogP) is 3.39. The lowest BCUT2D eigenvalue weighted by Gasteiger charge is -2.14. The zero-order valence-electron chi connectivity index (χ0n) is 17.4. The van der Waals surface area contributed by atoms with Crippen LogP contribution in [0.15, 0.2) is 21.5 Å². The number of hydrogen-bond donors (Lipinski definition) is 0. The van der Waals surface area contributed by atoms with Crippen LogP contribution in [0.4, 0.5) is 4.79 Å². The van der Waals surface area contributed by atoms with Gasteiger partial charge in [-0.1, -0.05) is 0 Å². The van der Waals surface area contributed by atoms with Crippen molar-refractivity contribution in [1.29, 1.82) is 0 Å². The quantitative estimate of drug-likeness (QED) is 0.361. The Kier molecular flexibility index (Phi) is 8.93. The number of methoxy groups -OCH3 is 1. The van der Waals surface area contributed by atoms with Crippen LogP contribution < -0.4 is 9.47 Å². The Morgan fingerprint density at radius 2 is 1.94 bits per heavy atom. The van der Waals surface area contributed by atoms with Crippen LogP contribution in [0, 0.1) is 0 Å². The molecule has 1 aliphatic rings. The lowest BCUT2D eigenvalue weighted by molar-refractivity contribution is -0.149. The fourth-order valence-corrected chi connectivity index (χ4v) is 3.93. The summed E-state index contributed by atoms with van der Waals surface area (Å²) >= 11 is 4.08. The molecule has 1 saturated heterocycles. The van der Waals surface area contributed by atoms with Crippen LogP contribution >= 0.6 is 27.7 Å². The van der Waals surface area contributed by atoms with Gasteiger partial charge in [-0.05, 0) is 72.2 Å². The van der Waals surface area contributed by atoms with Crippen molar-refractivity contribution in [3.05, 3.63) is 27.1 Å². The zero-order valence-corrected chi connectivity index (χ0v) is 19.8. The van der Waals surface area contributed by atoms with Gasteiger partial charge < -0.3 is 18.9 Å². The number of nitrogens with zero attached hydrogens (tertiary/aromatic N) is 1. The van der Waals surface area contributed by atoms with Gasteiger partial charge in [0.25, 0.3) is 11.1 Å². The topological polar surface area (TPSA) is 108 Å². The van der Waals surface area contributed by atoms with Crippen molar-refractivity contribution < 1.29 is 38.1 Å². The Morgan fingerprint density at radius 1 is 1.23 bits per heavy atom. The Hall–Kier alpha value is -2.53. The number of ether oxygens (including phenoxy) is 4. The summed E-state index contributed by atoms with van der Waals surface area (Å²) in [5.74, 6) is -1.17. The standard InChI is InChI=1S/C20H22BrNO8S/c1-5-28-17(24)10-29-18-13(21)6-12(7-14(18)27-4)8-15-19(25)22(20(26)31-15)9-16(23)30-11(2)3/h6-8,11H,5,9-10H2,1-4H3/b15-8+. The van der Waals surface area contributed by atoms with E-state index in [0.29, 0.717) is 15.8 Å². The molecular weight excluding hydrogens is 494 g/mol. The summed E-state index contributed by atoms with van der Waals surface area (Å²) in [6.45, 7) is 4.54. The second-order valence-electron chi connectivity index (χ2n) is 6.43. The molecule has 1 aliphatic heterocycles. The fraction of sp³-hybridized carbons (Fsp3) is 0.400. The molecule has 0 aromatic heterocycles. The first kappa shape index (κ1) is 24.7. The predicted molar refractivity (Wildman–Crippen MR) is 117 cm³/mol. The molecular formula is C20H22BrNO8S. The third-order valence-electron chi connectivity index (χ3n) is 3.72. The van der Waals surface area contributed by atoms with Crippen molar-refractivity contribution in [2.75, 3.05) is 26.9 Å². The Morgan fingerprint density at radius 3 is 2.55 bits per heavy atom. The van der Waals surface area contributed by atoms with Crippen LogP contribution in [0.3, 0.4) is 0 Å². The minimum atomic E-state index is -0.661. The summed E-state index contributed by atoms with van der Waals surface area (Å²) in [6, 6.07) is 3.23. The Labute approximate surface area is 192 Å². The smallest absolute Gasteiger partial charge is 0.344 e. The molecule has 0 N–H and O–H groups in total. The van der Waals surface area contributed by atoms with Crippen LogP contribution in [0.2, 0.25) is 0 Å². The van der Waals surface area contributed by atoms with Gasteiger partial charge in [-0.15, -0.1) is 0 Å². The first-order chi connectivity index (χ1) is 14.7. The van der Waals surface area contributed by atoms with E-state index in [-0.39, 0.29) is 30.0 Å². The normalized spacial score (nSPS) is 14.9. The van der Waals surface area contributed by atoms with Gasteiger partial charge in [0, 0.05) is 0 Å². The maximum atomic E-state index is 12.6. The molecule has 2 amide bonds. The van der Waals surface area contributed by atoms with E-state index in [0.717, 1.165) is 16.7 Å². The van der Waals surface area contributed by atoms with Crippen molar-refractivity contribution in [2.45, 2.75) is 26.9 Å². The van der Waals surface area contributed by atoms with Crippen LogP contribution in [0.5, 0.6) is 11.5 Å². The zero-order chi connectivity index (χ0) is 23.1. The van der Waals surface area contributed by atoms with Crippen LogP contribution in [-0.2, 0) is 23.9 Å². The van der Waals surface area contributed by atoms with E-state index >= 15 is 0 Å². The monoisotopic (exact) mass is 515 g/mol. The lowest BCUT2D eigenvalue weighted by atomic mass is 10.2. The molecule has 1 aromatic rings. The molecule has 9 nitrogen and oxygen atoms in total. The number of carbonyl (C=O) groups is 4. The van der Waals surface area contributed by atoms with E-state index in [1.54, 1.807) is 32.9 Å². The number of hydrogen-bond acceptors (Lipinski definition) is 9. The summed E-state index contributed by atoms with van der Waals surface area (Å²) in [5.41, 5.74) is 0.544. The minimum Gasteiger partial charge on any atom is -0.493 e. The maximum absolute atomic E-state index is 12.6. The molecule has 0 bridgehead atoms. The molecule has 0 saturated carbocycles. The van der Waals surface area contributed by atoms with E-state index in [2.05, 4.69) is 15.9 Å². The summed E-state index contributed by atoms with van der Waals surface area (Å²) in [6.07, 6.45) is 1.15. The van der Waals surface area contributed by atoms with Gasteiger partial charge in [-0.3, -0.25) is 19.3 Å². The molecule has 11 heteroatoms. The van der Waals surface area contributed by atoms with Crippen molar-refractivity contribution in [3.63, 3.8) is 0 Å². The average molecular weight is 516 g/mol. The third-order valence-corrected chi connectivity index (χ3v) is 5.21. The molecule has 1 fully saturated rings. The summed E-state index contributed by atoms with van der Waals surface area (Å²) < 4.78 is 21.1. The SMILES string of the molecule is CCOC(=O)COc1c(Br)cc(/C=C2/SC(=O)N(CC(=O)OC(C)C)C2=O)cc1OC. The first-order valence-electron chi connectivity index (χ1n) is 9.27. The number of carbonyl (C=O) groups excluding carboxylic acids is 4. The highest BCUT2D eigenvalue weighted by Gasteiger charge is 2.36. The molecule has 1 aromatic carbocycles. The first-order valence-corrected chi connectivity index (χ1v) is 10.9. The molecule has 168 valence electrons.